The van der Waals surface area contributed by atoms with E-state index in [2.05, 4.69) is 20.8 Å². The van der Waals surface area contributed by atoms with Crippen LogP contribution >= 0.6 is 15.9 Å². The van der Waals surface area contributed by atoms with Gasteiger partial charge in [0, 0.05) is 34.4 Å². The van der Waals surface area contributed by atoms with Crippen LogP contribution < -0.4 is 9.64 Å². The van der Waals surface area contributed by atoms with Crippen LogP contribution in [-0.2, 0) is 4.74 Å². The number of ether oxygens (including phenoxy) is 2. The average molecular weight is 402 g/mol. The minimum Gasteiger partial charge on any atom is -0.496 e. The predicted molar refractivity (Wildman–Crippen MR) is 104 cm³/mol. The topological polar surface area (TPSA) is 38.8 Å². The van der Waals surface area contributed by atoms with Crippen molar-refractivity contribution in [1.82, 2.24) is 0 Å². The Kier molecular flexibility index (Phi) is 5.89. The van der Waals surface area contributed by atoms with Crippen molar-refractivity contribution in [3.05, 3.63) is 64.1 Å². The van der Waals surface area contributed by atoms with E-state index in [1.54, 1.807) is 19.3 Å². The lowest BCUT2D eigenvalue weighted by atomic mass is 10.1. The first-order valence-corrected chi connectivity index (χ1v) is 8.95. The van der Waals surface area contributed by atoms with Crippen LogP contribution in [0.4, 0.5) is 5.69 Å². The van der Waals surface area contributed by atoms with Gasteiger partial charge >= 0.3 is 0 Å². The van der Waals surface area contributed by atoms with Gasteiger partial charge in [-0.3, -0.25) is 4.79 Å². The molecule has 3 rings (SSSR count). The molecule has 5 heteroatoms. The van der Waals surface area contributed by atoms with E-state index in [4.69, 9.17) is 9.47 Å². The molecule has 0 aromatic heterocycles. The van der Waals surface area contributed by atoms with Crippen LogP contribution in [0.1, 0.15) is 15.9 Å². The first kappa shape index (κ1) is 17.7. The number of carbonyl (C=O) groups excluding carboxylic acids is 1. The summed E-state index contributed by atoms with van der Waals surface area (Å²) in [5.74, 6) is 0.700. The van der Waals surface area contributed by atoms with Gasteiger partial charge in [0.2, 0.25) is 0 Å². The number of benzene rings is 2. The molecule has 0 N–H and O–H groups in total. The fourth-order valence-electron chi connectivity index (χ4n) is 2.77. The molecular weight excluding hydrogens is 382 g/mol. The third kappa shape index (κ3) is 4.50. The van der Waals surface area contributed by atoms with Gasteiger partial charge in [-0.05, 0) is 42.5 Å². The summed E-state index contributed by atoms with van der Waals surface area (Å²) in [6.45, 7) is 3.15. The largest absolute Gasteiger partial charge is 0.496 e. The summed E-state index contributed by atoms with van der Waals surface area (Å²) in [5.41, 5.74) is 2.59. The zero-order chi connectivity index (χ0) is 17.6. The first-order valence-electron chi connectivity index (χ1n) is 8.16. The average Bonchev–Trinajstić information content (AvgIpc) is 2.67. The fraction of sp³-hybridized carbons (Fsp3) is 0.250. The molecule has 2 aromatic carbocycles. The van der Waals surface area contributed by atoms with E-state index in [1.807, 2.05) is 42.5 Å². The first-order chi connectivity index (χ1) is 12.2. The number of rotatable bonds is 5. The number of carbonyl (C=O) groups is 1. The highest BCUT2D eigenvalue weighted by atomic mass is 79.9. The lowest BCUT2D eigenvalue weighted by molar-refractivity contribution is 0.104. The highest BCUT2D eigenvalue weighted by Crippen LogP contribution is 2.24. The van der Waals surface area contributed by atoms with Crippen LogP contribution in [0, 0.1) is 0 Å². The van der Waals surface area contributed by atoms with Crippen molar-refractivity contribution in [3.63, 3.8) is 0 Å². The summed E-state index contributed by atoms with van der Waals surface area (Å²) in [5, 5.41) is 0. The number of allylic oxidation sites excluding steroid dienone is 1. The maximum absolute atomic E-state index is 12.6. The Hall–Kier alpha value is -2.11. The van der Waals surface area contributed by atoms with Gasteiger partial charge in [-0.2, -0.15) is 0 Å². The molecule has 1 saturated heterocycles. The molecule has 130 valence electrons. The maximum atomic E-state index is 12.6. The maximum Gasteiger partial charge on any atom is 0.185 e. The van der Waals surface area contributed by atoms with Gasteiger partial charge in [-0.25, -0.2) is 0 Å². The molecule has 0 spiro atoms. The lowest BCUT2D eigenvalue weighted by Crippen LogP contribution is -2.36. The van der Waals surface area contributed by atoms with E-state index in [9.17, 15) is 4.79 Å². The van der Waals surface area contributed by atoms with E-state index in [1.165, 1.54) is 0 Å². The minimum absolute atomic E-state index is 0.0304. The molecule has 0 atom stereocenters. The summed E-state index contributed by atoms with van der Waals surface area (Å²) in [4.78, 5) is 14.8. The van der Waals surface area contributed by atoms with Crippen LogP contribution in [0.2, 0.25) is 0 Å². The van der Waals surface area contributed by atoms with Gasteiger partial charge in [0.25, 0.3) is 0 Å². The summed E-state index contributed by atoms with van der Waals surface area (Å²) < 4.78 is 11.7. The summed E-state index contributed by atoms with van der Waals surface area (Å²) in [7, 11) is 1.62. The number of nitrogens with zero attached hydrogens (tertiary/aromatic N) is 1. The van der Waals surface area contributed by atoms with Crippen molar-refractivity contribution in [2.75, 3.05) is 38.3 Å². The highest BCUT2D eigenvalue weighted by Gasteiger charge is 2.12. The van der Waals surface area contributed by atoms with Crippen molar-refractivity contribution in [3.8, 4) is 5.75 Å². The minimum atomic E-state index is -0.0304. The zero-order valence-electron chi connectivity index (χ0n) is 14.1. The van der Waals surface area contributed by atoms with E-state index in [0.29, 0.717) is 5.56 Å². The van der Waals surface area contributed by atoms with Crippen LogP contribution in [0.3, 0.4) is 0 Å². The molecule has 1 aliphatic heterocycles. The molecule has 2 aromatic rings. The molecule has 1 fully saturated rings. The lowest BCUT2D eigenvalue weighted by Gasteiger charge is -2.29. The normalized spacial score (nSPS) is 14.7. The Morgan fingerprint density at radius 3 is 2.76 bits per heavy atom. The third-order valence-electron chi connectivity index (χ3n) is 4.11. The quantitative estimate of drug-likeness (QED) is 0.556. The van der Waals surface area contributed by atoms with Crippen LogP contribution in [0.15, 0.2) is 53.0 Å². The van der Waals surface area contributed by atoms with Crippen molar-refractivity contribution in [2.45, 2.75) is 0 Å². The number of hydrogen-bond acceptors (Lipinski definition) is 4. The van der Waals surface area contributed by atoms with E-state index in [-0.39, 0.29) is 5.78 Å². The Morgan fingerprint density at radius 2 is 2.00 bits per heavy atom. The number of ketones is 1. The van der Waals surface area contributed by atoms with Crippen molar-refractivity contribution < 1.29 is 14.3 Å². The van der Waals surface area contributed by atoms with Crippen molar-refractivity contribution in [2.24, 2.45) is 0 Å². The SMILES string of the molecule is COc1ccc(Br)cc1/C=C/C(=O)c1cccc(N2CCOCC2)c1. The van der Waals surface area contributed by atoms with E-state index >= 15 is 0 Å². The molecule has 0 saturated carbocycles. The molecule has 0 unspecified atom stereocenters. The molecule has 4 nitrogen and oxygen atoms in total. The second-order valence-electron chi connectivity index (χ2n) is 5.73. The number of halogens is 1. The molecule has 1 heterocycles. The zero-order valence-corrected chi connectivity index (χ0v) is 15.7. The van der Waals surface area contributed by atoms with Gasteiger partial charge < -0.3 is 14.4 Å². The predicted octanol–water partition coefficient (Wildman–Crippen LogP) is 4.19. The van der Waals surface area contributed by atoms with E-state index < -0.39 is 0 Å². The number of hydrogen-bond donors (Lipinski definition) is 0. The van der Waals surface area contributed by atoms with Gasteiger partial charge in [-0.1, -0.05) is 28.1 Å². The monoisotopic (exact) mass is 401 g/mol. The van der Waals surface area contributed by atoms with Gasteiger partial charge in [0.15, 0.2) is 5.78 Å². The summed E-state index contributed by atoms with van der Waals surface area (Å²) >= 11 is 3.44. The molecule has 0 bridgehead atoms. The summed E-state index contributed by atoms with van der Waals surface area (Å²) in [6, 6.07) is 13.4. The summed E-state index contributed by atoms with van der Waals surface area (Å²) in [6.07, 6.45) is 3.37. The second-order valence-corrected chi connectivity index (χ2v) is 6.65. The van der Waals surface area contributed by atoms with Gasteiger partial charge in [0.1, 0.15) is 5.75 Å². The number of anilines is 1. The number of methoxy groups -OCH3 is 1. The smallest absolute Gasteiger partial charge is 0.185 e. The standard InChI is InChI=1S/C20H20BrNO3/c1-24-20-8-6-17(21)13-16(20)5-7-19(23)15-3-2-4-18(14-15)22-9-11-25-12-10-22/h2-8,13-14H,9-12H2,1H3/b7-5+. The third-order valence-corrected chi connectivity index (χ3v) is 4.61. The Bertz CT molecular complexity index is 782. The van der Waals surface area contributed by atoms with Crippen LogP contribution in [-0.4, -0.2) is 39.2 Å². The Balaban J connectivity index is 1.78. The molecule has 0 aliphatic carbocycles. The Morgan fingerprint density at radius 1 is 1.20 bits per heavy atom. The number of morpholine rings is 1. The molecule has 25 heavy (non-hydrogen) atoms. The molecule has 0 amide bonds. The molecule has 0 radical (unpaired) electrons. The Labute approximate surface area is 156 Å². The fourth-order valence-corrected chi connectivity index (χ4v) is 3.15. The van der Waals surface area contributed by atoms with Crippen LogP contribution in [0.5, 0.6) is 5.75 Å². The van der Waals surface area contributed by atoms with Gasteiger partial charge in [-0.15, -0.1) is 0 Å². The van der Waals surface area contributed by atoms with Crippen molar-refractivity contribution >= 4 is 33.5 Å². The molecular formula is C20H20BrNO3. The molecule has 1 aliphatic rings. The highest BCUT2D eigenvalue weighted by molar-refractivity contribution is 9.10. The van der Waals surface area contributed by atoms with Crippen LogP contribution in [0.25, 0.3) is 6.08 Å². The van der Waals surface area contributed by atoms with E-state index in [0.717, 1.165) is 47.8 Å². The van der Waals surface area contributed by atoms with Gasteiger partial charge in [0.05, 0.1) is 20.3 Å². The second kappa shape index (κ2) is 8.32. The van der Waals surface area contributed by atoms with Crippen molar-refractivity contribution in [1.29, 1.82) is 0 Å².